The Morgan fingerprint density at radius 1 is 1.00 bits per heavy atom. The molecule has 0 N–H and O–H groups in total. The molecule has 30 heavy (non-hydrogen) atoms. The Kier molecular flexibility index (Phi) is 5.00. The monoisotopic (exact) mass is 404 g/mol. The van der Waals surface area contributed by atoms with Crippen molar-refractivity contribution in [3.05, 3.63) is 52.7 Å². The normalized spacial score (nSPS) is 26.4. The van der Waals surface area contributed by atoms with Crippen LogP contribution in [0.5, 0.6) is 0 Å². The summed E-state index contributed by atoms with van der Waals surface area (Å²) in [6.45, 7) is 9.19. The molecular weight excluding hydrogens is 372 g/mol. The molecule has 0 unspecified atom stereocenters. The molecule has 5 nitrogen and oxygen atoms in total. The van der Waals surface area contributed by atoms with Crippen molar-refractivity contribution < 1.29 is 4.79 Å². The number of aryl methyl sites for hydroxylation is 2. The number of hydrogen-bond donors (Lipinski definition) is 0. The summed E-state index contributed by atoms with van der Waals surface area (Å²) in [5, 5.41) is 8.69. The minimum Gasteiger partial charge on any atom is -0.354 e. The average molecular weight is 405 g/mol. The van der Waals surface area contributed by atoms with E-state index in [1.165, 1.54) is 35.1 Å². The molecule has 2 aromatic rings. The molecule has 3 heterocycles. The van der Waals surface area contributed by atoms with E-state index in [1.54, 1.807) is 0 Å². The van der Waals surface area contributed by atoms with Crippen LogP contribution in [0.2, 0.25) is 0 Å². The van der Waals surface area contributed by atoms with Crippen LogP contribution in [-0.4, -0.2) is 40.6 Å². The van der Waals surface area contributed by atoms with Gasteiger partial charge in [-0.15, -0.1) is 5.10 Å². The molecule has 158 valence electrons. The summed E-state index contributed by atoms with van der Waals surface area (Å²) in [7, 11) is 0. The third-order valence-electron chi connectivity index (χ3n) is 7.79. The molecule has 0 bridgehead atoms. The Morgan fingerprint density at radius 2 is 1.77 bits per heavy atom. The number of anilines is 1. The first-order valence-corrected chi connectivity index (χ1v) is 11.4. The molecule has 2 aliphatic heterocycles. The van der Waals surface area contributed by atoms with E-state index in [1.807, 2.05) is 6.20 Å². The van der Waals surface area contributed by atoms with Gasteiger partial charge in [0.05, 0.1) is 12.2 Å². The summed E-state index contributed by atoms with van der Waals surface area (Å²) >= 11 is 0. The lowest BCUT2D eigenvalue weighted by molar-refractivity contribution is -0.136. The molecule has 0 radical (unpaired) electrons. The predicted molar refractivity (Wildman–Crippen MR) is 118 cm³/mol. The molecule has 1 amide bonds. The van der Waals surface area contributed by atoms with Gasteiger partial charge in [0, 0.05) is 37.4 Å². The third kappa shape index (κ3) is 3.19. The second kappa shape index (κ2) is 7.68. The van der Waals surface area contributed by atoms with Crippen molar-refractivity contribution in [3.63, 3.8) is 0 Å². The van der Waals surface area contributed by atoms with Crippen LogP contribution in [0.4, 0.5) is 5.82 Å². The van der Waals surface area contributed by atoms with E-state index in [0.29, 0.717) is 17.7 Å². The van der Waals surface area contributed by atoms with Crippen molar-refractivity contribution >= 4 is 11.7 Å². The second-order valence-corrected chi connectivity index (χ2v) is 9.58. The molecular formula is C25H32N4O. The van der Waals surface area contributed by atoms with Crippen molar-refractivity contribution in [2.75, 3.05) is 24.5 Å². The van der Waals surface area contributed by atoms with Crippen LogP contribution in [0.25, 0.3) is 0 Å². The fraction of sp³-hybridized carbons (Fsp3) is 0.560. The highest BCUT2D eigenvalue weighted by Gasteiger charge is 2.50. The maximum Gasteiger partial charge on any atom is 0.226 e. The number of aromatic nitrogens is 2. The summed E-state index contributed by atoms with van der Waals surface area (Å²) in [5.41, 5.74) is 5.02. The molecule has 0 spiro atoms. The zero-order valence-electron chi connectivity index (χ0n) is 18.3. The highest BCUT2D eigenvalue weighted by molar-refractivity contribution is 5.80. The molecule has 5 heteroatoms. The van der Waals surface area contributed by atoms with Crippen LogP contribution in [-0.2, 0) is 4.79 Å². The zero-order valence-corrected chi connectivity index (χ0v) is 18.3. The third-order valence-corrected chi connectivity index (χ3v) is 7.79. The van der Waals surface area contributed by atoms with Gasteiger partial charge in [0.1, 0.15) is 0 Å². The number of carbonyl (C=O) groups excluding carboxylic acids is 1. The minimum atomic E-state index is 0.173. The summed E-state index contributed by atoms with van der Waals surface area (Å²) in [5.74, 6) is 2.58. The second-order valence-electron chi connectivity index (χ2n) is 9.58. The summed E-state index contributed by atoms with van der Waals surface area (Å²) in [6, 6.07) is 8.81. The molecule has 1 saturated carbocycles. The maximum absolute atomic E-state index is 13.5. The number of carbonyl (C=O) groups is 1. The standard InChI is InChI=1S/C25H32N4O/c1-16-8-4-7-11-21(16)23-22-15-28(24-18(3)17(2)12-26-27-24)13-20(22)14-29(23)25(30)19-9-5-6-10-19/h4,7-8,11-12,19-20,22-23H,5-6,9-10,13-15H2,1-3H3/t20-,22-,23+/m0/s1. The lowest BCUT2D eigenvalue weighted by Crippen LogP contribution is -2.39. The van der Waals surface area contributed by atoms with Crippen LogP contribution in [0.3, 0.4) is 0 Å². The number of benzene rings is 1. The Balaban J connectivity index is 1.47. The molecule has 5 rings (SSSR count). The highest BCUT2D eigenvalue weighted by atomic mass is 16.2. The number of amides is 1. The topological polar surface area (TPSA) is 49.3 Å². The van der Waals surface area contributed by atoms with E-state index in [-0.39, 0.29) is 12.0 Å². The molecule has 1 aromatic heterocycles. The minimum absolute atomic E-state index is 0.173. The van der Waals surface area contributed by atoms with Gasteiger partial charge in [-0.2, -0.15) is 5.10 Å². The van der Waals surface area contributed by atoms with Gasteiger partial charge in [0.15, 0.2) is 5.82 Å². The van der Waals surface area contributed by atoms with E-state index in [4.69, 9.17) is 0 Å². The number of hydrogen-bond acceptors (Lipinski definition) is 4. The smallest absolute Gasteiger partial charge is 0.226 e. The van der Waals surface area contributed by atoms with Gasteiger partial charge in [0.25, 0.3) is 0 Å². The van der Waals surface area contributed by atoms with Gasteiger partial charge in [-0.05, 0) is 55.9 Å². The quantitative estimate of drug-likeness (QED) is 0.768. The molecule has 1 aromatic carbocycles. The van der Waals surface area contributed by atoms with Crippen molar-refractivity contribution in [2.45, 2.75) is 52.5 Å². The van der Waals surface area contributed by atoms with Gasteiger partial charge in [0.2, 0.25) is 5.91 Å². The number of nitrogens with zero attached hydrogens (tertiary/aromatic N) is 4. The first-order chi connectivity index (χ1) is 14.5. The summed E-state index contributed by atoms with van der Waals surface area (Å²) in [4.78, 5) is 18.2. The van der Waals surface area contributed by atoms with Crippen LogP contribution in [0, 0.1) is 38.5 Å². The lowest BCUT2D eigenvalue weighted by Gasteiger charge is -2.33. The summed E-state index contributed by atoms with van der Waals surface area (Å²) in [6.07, 6.45) is 6.37. The van der Waals surface area contributed by atoms with Crippen molar-refractivity contribution in [2.24, 2.45) is 17.8 Å². The Morgan fingerprint density at radius 3 is 2.53 bits per heavy atom. The van der Waals surface area contributed by atoms with E-state index < -0.39 is 0 Å². The van der Waals surface area contributed by atoms with Gasteiger partial charge < -0.3 is 9.80 Å². The molecule has 2 saturated heterocycles. The molecule has 3 fully saturated rings. The average Bonchev–Trinajstić information content (AvgIpc) is 3.46. The fourth-order valence-electron chi connectivity index (χ4n) is 5.99. The maximum atomic E-state index is 13.5. The Hall–Kier alpha value is -2.43. The molecule has 3 atom stereocenters. The van der Waals surface area contributed by atoms with Crippen LogP contribution < -0.4 is 4.90 Å². The molecule has 3 aliphatic rings. The first kappa shape index (κ1) is 19.5. The lowest BCUT2D eigenvalue weighted by atomic mass is 9.87. The van der Waals surface area contributed by atoms with Crippen LogP contribution >= 0.6 is 0 Å². The van der Waals surface area contributed by atoms with Gasteiger partial charge >= 0.3 is 0 Å². The fourth-order valence-corrected chi connectivity index (χ4v) is 5.99. The highest BCUT2D eigenvalue weighted by Crippen LogP contribution is 2.48. The number of rotatable bonds is 3. The van der Waals surface area contributed by atoms with Crippen molar-refractivity contribution in [3.8, 4) is 0 Å². The Labute approximate surface area is 179 Å². The SMILES string of the molecule is Cc1ccccc1[C@@H]1[C@H]2CN(c3nncc(C)c3C)C[C@H]2CN1C(=O)C1CCCC1. The number of fused-ring (bicyclic) bond motifs is 1. The first-order valence-electron chi connectivity index (χ1n) is 11.4. The predicted octanol–water partition coefficient (Wildman–Crippen LogP) is 4.23. The van der Waals surface area contributed by atoms with E-state index in [2.05, 4.69) is 65.0 Å². The zero-order chi connectivity index (χ0) is 20.8. The van der Waals surface area contributed by atoms with Crippen LogP contribution in [0.1, 0.15) is 54.0 Å². The van der Waals surface area contributed by atoms with E-state index in [0.717, 1.165) is 38.3 Å². The Bertz CT molecular complexity index is 952. The van der Waals surface area contributed by atoms with Gasteiger partial charge in [-0.25, -0.2) is 0 Å². The van der Waals surface area contributed by atoms with E-state index in [9.17, 15) is 4.79 Å². The van der Waals surface area contributed by atoms with Gasteiger partial charge in [-0.1, -0.05) is 37.1 Å². The van der Waals surface area contributed by atoms with E-state index >= 15 is 0 Å². The largest absolute Gasteiger partial charge is 0.354 e. The van der Waals surface area contributed by atoms with Crippen molar-refractivity contribution in [1.29, 1.82) is 0 Å². The summed E-state index contributed by atoms with van der Waals surface area (Å²) < 4.78 is 0. The molecule has 1 aliphatic carbocycles. The van der Waals surface area contributed by atoms with Crippen LogP contribution in [0.15, 0.2) is 30.5 Å². The van der Waals surface area contributed by atoms with Gasteiger partial charge in [-0.3, -0.25) is 4.79 Å². The number of likely N-dealkylation sites (tertiary alicyclic amines) is 1. The van der Waals surface area contributed by atoms with Crippen molar-refractivity contribution in [1.82, 2.24) is 15.1 Å².